The number of likely N-dealkylation sites (tertiary alicyclic amines) is 1. The van der Waals surface area contributed by atoms with E-state index in [0.717, 1.165) is 25.1 Å². The number of urea groups is 1. The molecule has 0 aromatic carbocycles. The minimum atomic E-state index is 0.0214. The molecule has 1 aliphatic heterocycles. The first kappa shape index (κ1) is 11.9. The molecule has 92 valence electrons. The van der Waals surface area contributed by atoms with Crippen molar-refractivity contribution in [1.29, 1.82) is 0 Å². The van der Waals surface area contributed by atoms with Gasteiger partial charge in [-0.05, 0) is 38.8 Å². The topological polar surface area (TPSA) is 45.2 Å². The number of nitrogens with one attached hydrogen (secondary N) is 1. The normalized spacial score (nSPS) is 19.7. The van der Waals surface area contributed by atoms with Gasteiger partial charge in [0.25, 0.3) is 0 Å². The van der Waals surface area contributed by atoms with Crippen LogP contribution in [0.3, 0.4) is 0 Å². The van der Waals surface area contributed by atoms with Crippen LogP contribution >= 0.6 is 0 Å². The molecule has 1 aromatic heterocycles. The molecule has 2 amide bonds. The van der Waals surface area contributed by atoms with E-state index in [2.05, 4.69) is 10.3 Å². The summed E-state index contributed by atoms with van der Waals surface area (Å²) in [5, 5.41) is 2.94. The first-order chi connectivity index (χ1) is 8.18. The van der Waals surface area contributed by atoms with E-state index in [-0.39, 0.29) is 18.1 Å². The third kappa shape index (κ3) is 2.75. The predicted octanol–water partition coefficient (Wildman–Crippen LogP) is 2.34. The molecule has 4 nitrogen and oxygen atoms in total. The number of aromatic nitrogens is 1. The lowest BCUT2D eigenvalue weighted by Crippen LogP contribution is -2.42. The van der Waals surface area contributed by atoms with E-state index < -0.39 is 0 Å². The number of hydrogen-bond acceptors (Lipinski definition) is 2. The van der Waals surface area contributed by atoms with E-state index in [9.17, 15) is 4.79 Å². The molecule has 1 aliphatic rings. The second-order valence-corrected chi connectivity index (χ2v) is 4.71. The standard InChI is InChI=1S/C13H19N3O/c1-10(2)15-13(17)16-9-5-7-12(16)11-6-3-4-8-14-11/h3-4,6,8,10,12H,5,7,9H2,1-2H3,(H,15,17). The fourth-order valence-electron chi connectivity index (χ4n) is 2.22. The van der Waals surface area contributed by atoms with Crippen LogP contribution in [0.2, 0.25) is 0 Å². The minimum Gasteiger partial charge on any atom is -0.336 e. The summed E-state index contributed by atoms with van der Waals surface area (Å²) in [6.45, 7) is 4.77. The zero-order valence-corrected chi connectivity index (χ0v) is 10.4. The molecule has 0 aliphatic carbocycles. The highest BCUT2D eigenvalue weighted by Gasteiger charge is 2.30. The molecule has 0 bridgehead atoms. The van der Waals surface area contributed by atoms with Crippen LogP contribution in [0, 0.1) is 0 Å². The summed E-state index contributed by atoms with van der Waals surface area (Å²) in [6, 6.07) is 6.19. The van der Waals surface area contributed by atoms with Gasteiger partial charge in [-0.15, -0.1) is 0 Å². The Labute approximate surface area is 102 Å². The third-order valence-electron chi connectivity index (χ3n) is 2.95. The van der Waals surface area contributed by atoms with Crippen molar-refractivity contribution in [1.82, 2.24) is 15.2 Å². The van der Waals surface area contributed by atoms with Crippen molar-refractivity contribution in [2.75, 3.05) is 6.54 Å². The Morgan fingerprint density at radius 3 is 3.00 bits per heavy atom. The largest absolute Gasteiger partial charge is 0.336 e. The van der Waals surface area contributed by atoms with Crippen molar-refractivity contribution in [3.8, 4) is 0 Å². The second kappa shape index (κ2) is 5.17. The van der Waals surface area contributed by atoms with Gasteiger partial charge in [0.1, 0.15) is 0 Å². The van der Waals surface area contributed by atoms with E-state index in [1.807, 2.05) is 36.9 Å². The average molecular weight is 233 g/mol. The molecule has 1 N–H and O–H groups in total. The lowest BCUT2D eigenvalue weighted by atomic mass is 10.1. The highest BCUT2D eigenvalue weighted by atomic mass is 16.2. The number of carbonyl (C=O) groups excluding carboxylic acids is 1. The molecule has 0 saturated carbocycles. The van der Waals surface area contributed by atoms with Gasteiger partial charge in [0.15, 0.2) is 0 Å². The van der Waals surface area contributed by atoms with E-state index in [1.165, 1.54) is 0 Å². The monoisotopic (exact) mass is 233 g/mol. The van der Waals surface area contributed by atoms with E-state index in [1.54, 1.807) is 6.20 Å². The quantitative estimate of drug-likeness (QED) is 0.852. The number of amides is 2. The lowest BCUT2D eigenvalue weighted by molar-refractivity contribution is 0.189. The van der Waals surface area contributed by atoms with Gasteiger partial charge in [0.05, 0.1) is 11.7 Å². The molecule has 0 radical (unpaired) electrons. The Balaban J connectivity index is 2.10. The van der Waals surface area contributed by atoms with Crippen LogP contribution in [0.1, 0.15) is 38.4 Å². The number of rotatable bonds is 2. The van der Waals surface area contributed by atoms with Gasteiger partial charge < -0.3 is 10.2 Å². The van der Waals surface area contributed by atoms with Crippen molar-refractivity contribution >= 4 is 6.03 Å². The first-order valence-electron chi connectivity index (χ1n) is 6.16. The van der Waals surface area contributed by atoms with Gasteiger partial charge >= 0.3 is 6.03 Å². The number of carbonyl (C=O) groups is 1. The molecule has 4 heteroatoms. The Morgan fingerprint density at radius 1 is 1.53 bits per heavy atom. The molecule has 2 rings (SSSR count). The van der Waals surface area contributed by atoms with Gasteiger partial charge in [-0.3, -0.25) is 4.98 Å². The predicted molar refractivity (Wildman–Crippen MR) is 66.6 cm³/mol. The summed E-state index contributed by atoms with van der Waals surface area (Å²) in [5.41, 5.74) is 0.990. The summed E-state index contributed by atoms with van der Waals surface area (Å²) in [4.78, 5) is 18.3. The van der Waals surface area contributed by atoms with Gasteiger partial charge in [-0.25, -0.2) is 4.79 Å². The van der Waals surface area contributed by atoms with Gasteiger partial charge in [-0.2, -0.15) is 0 Å². The minimum absolute atomic E-state index is 0.0214. The molecule has 1 fully saturated rings. The maximum Gasteiger partial charge on any atom is 0.318 e. The summed E-state index contributed by atoms with van der Waals surface area (Å²) in [7, 11) is 0. The van der Waals surface area contributed by atoms with Crippen LogP contribution in [-0.2, 0) is 0 Å². The fourth-order valence-corrected chi connectivity index (χ4v) is 2.22. The van der Waals surface area contributed by atoms with Crippen molar-refractivity contribution in [3.63, 3.8) is 0 Å². The number of pyridine rings is 1. The molecule has 0 spiro atoms. The molecule has 1 aromatic rings. The fraction of sp³-hybridized carbons (Fsp3) is 0.538. The smallest absolute Gasteiger partial charge is 0.318 e. The highest BCUT2D eigenvalue weighted by molar-refractivity contribution is 5.75. The van der Waals surface area contributed by atoms with Crippen molar-refractivity contribution in [2.45, 2.75) is 38.8 Å². The zero-order valence-electron chi connectivity index (χ0n) is 10.4. The second-order valence-electron chi connectivity index (χ2n) is 4.71. The summed E-state index contributed by atoms with van der Waals surface area (Å²) in [5.74, 6) is 0. The molecule has 1 atom stereocenters. The van der Waals surface area contributed by atoms with Crippen LogP contribution in [0.4, 0.5) is 4.79 Å². The molecular formula is C13H19N3O. The molecule has 17 heavy (non-hydrogen) atoms. The molecule has 1 unspecified atom stereocenters. The van der Waals surface area contributed by atoms with Crippen molar-refractivity contribution < 1.29 is 4.79 Å². The summed E-state index contributed by atoms with van der Waals surface area (Å²) in [6.07, 6.45) is 3.83. The van der Waals surface area contributed by atoms with Gasteiger partial charge in [0.2, 0.25) is 0 Å². The zero-order chi connectivity index (χ0) is 12.3. The number of nitrogens with zero attached hydrogens (tertiary/aromatic N) is 2. The molecular weight excluding hydrogens is 214 g/mol. The van der Waals surface area contributed by atoms with Crippen LogP contribution in [0.5, 0.6) is 0 Å². The van der Waals surface area contributed by atoms with E-state index >= 15 is 0 Å². The maximum atomic E-state index is 12.0. The van der Waals surface area contributed by atoms with E-state index in [4.69, 9.17) is 0 Å². The Bertz CT molecular complexity index is 378. The highest BCUT2D eigenvalue weighted by Crippen LogP contribution is 2.30. The first-order valence-corrected chi connectivity index (χ1v) is 6.16. The lowest BCUT2D eigenvalue weighted by Gasteiger charge is -2.25. The molecule has 1 saturated heterocycles. The van der Waals surface area contributed by atoms with Crippen molar-refractivity contribution in [2.24, 2.45) is 0 Å². The SMILES string of the molecule is CC(C)NC(=O)N1CCCC1c1ccccn1. The maximum absolute atomic E-state index is 12.0. The Morgan fingerprint density at radius 2 is 2.35 bits per heavy atom. The van der Waals surface area contributed by atoms with Crippen LogP contribution < -0.4 is 5.32 Å². The molecule has 2 heterocycles. The number of hydrogen-bond donors (Lipinski definition) is 1. The van der Waals surface area contributed by atoms with E-state index in [0.29, 0.717) is 0 Å². The third-order valence-corrected chi connectivity index (χ3v) is 2.95. The van der Waals surface area contributed by atoms with Gasteiger partial charge in [-0.1, -0.05) is 6.07 Å². The van der Waals surface area contributed by atoms with Crippen LogP contribution in [0.25, 0.3) is 0 Å². The average Bonchev–Trinajstić information content (AvgIpc) is 2.78. The Kier molecular flexibility index (Phi) is 3.61. The van der Waals surface area contributed by atoms with Crippen LogP contribution in [-0.4, -0.2) is 28.5 Å². The van der Waals surface area contributed by atoms with Gasteiger partial charge in [0, 0.05) is 18.8 Å². The van der Waals surface area contributed by atoms with Crippen LogP contribution in [0.15, 0.2) is 24.4 Å². The summed E-state index contributed by atoms with van der Waals surface area (Å²) < 4.78 is 0. The Hall–Kier alpha value is -1.58. The van der Waals surface area contributed by atoms with Crippen molar-refractivity contribution in [3.05, 3.63) is 30.1 Å². The summed E-state index contributed by atoms with van der Waals surface area (Å²) >= 11 is 0.